The summed E-state index contributed by atoms with van der Waals surface area (Å²) in [4.78, 5) is 44.9. The maximum atomic E-state index is 14.5. The fourth-order valence-electron chi connectivity index (χ4n) is 3.53. The standard InChI is InChI=1S/C19H22FN7O2.C4H6O6/c1-3-16(28)26-8-6-14(20)15(11-26)29-18-13-5-7-21-17(13)24-19(25-18)23-12-9-22-27(4-2)10-12;5-1(3(7)8)2(6)4(9)10/h3,5,7,9-10,14-15H,1,4,6,8,11H2,2H3,(H2,21,23,24,25);1-2,5-6H,(H,7,8)(H,9,10)/t14-,15+;/m1./s1. The highest BCUT2D eigenvalue weighted by atomic mass is 19.1. The van der Waals surface area contributed by atoms with Gasteiger partial charge in [0, 0.05) is 25.5 Å². The van der Waals surface area contributed by atoms with Crippen LogP contribution in [-0.4, -0.2) is 105 Å². The number of aliphatic hydroxyl groups excluding tert-OH is 2. The number of nitrogens with one attached hydrogen (secondary N) is 2. The quantitative estimate of drug-likeness (QED) is 0.199. The Labute approximate surface area is 220 Å². The van der Waals surface area contributed by atoms with Crippen molar-refractivity contribution < 1.29 is 43.9 Å². The molecule has 4 atom stereocenters. The monoisotopic (exact) mass is 549 g/mol. The number of hydrogen-bond acceptors (Lipinski definition) is 10. The van der Waals surface area contributed by atoms with Crippen molar-refractivity contribution in [3.05, 3.63) is 37.3 Å². The molecule has 1 saturated heterocycles. The van der Waals surface area contributed by atoms with Gasteiger partial charge in [-0.3, -0.25) is 9.48 Å². The van der Waals surface area contributed by atoms with Gasteiger partial charge in [-0.25, -0.2) is 14.0 Å². The number of nitrogens with zero attached hydrogens (tertiary/aromatic N) is 5. The van der Waals surface area contributed by atoms with Crippen molar-refractivity contribution >= 4 is 40.5 Å². The Bertz CT molecular complexity index is 1310. The summed E-state index contributed by atoms with van der Waals surface area (Å²) in [7, 11) is 0. The van der Waals surface area contributed by atoms with Crippen molar-refractivity contribution in [1.82, 2.24) is 29.6 Å². The molecule has 16 heteroatoms. The fourth-order valence-corrected chi connectivity index (χ4v) is 3.53. The van der Waals surface area contributed by atoms with Crippen LogP contribution in [0.1, 0.15) is 13.3 Å². The second-order valence-corrected chi connectivity index (χ2v) is 8.32. The first kappa shape index (κ1) is 29.0. The highest BCUT2D eigenvalue weighted by Crippen LogP contribution is 2.28. The first-order valence-corrected chi connectivity index (χ1v) is 11.7. The predicted octanol–water partition coefficient (Wildman–Crippen LogP) is 0.299. The Morgan fingerprint density at radius 2 is 1.97 bits per heavy atom. The van der Waals surface area contributed by atoms with Crippen LogP contribution in [-0.2, 0) is 20.9 Å². The summed E-state index contributed by atoms with van der Waals surface area (Å²) >= 11 is 0. The SMILES string of the molecule is C=CC(=O)N1CC[C@@H](F)[C@@H](Oc2nc(Nc3cnn(CC)c3)nc3[nH]ccc23)C1.O=C(O)C(O)C(O)C(=O)O. The number of H-pyrrole nitrogens is 1. The summed E-state index contributed by atoms with van der Waals surface area (Å²) in [6.45, 7) is 6.69. The molecule has 15 nitrogen and oxygen atoms in total. The Morgan fingerprint density at radius 1 is 1.28 bits per heavy atom. The number of hydrogen-bond donors (Lipinski definition) is 6. The summed E-state index contributed by atoms with van der Waals surface area (Å²) in [6.07, 6.45) is 0.0884. The van der Waals surface area contributed by atoms with Crippen LogP contribution in [0.4, 0.5) is 16.0 Å². The third kappa shape index (κ3) is 7.26. The van der Waals surface area contributed by atoms with E-state index in [9.17, 15) is 18.8 Å². The molecule has 2 unspecified atom stereocenters. The van der Waals surface area contributed by atoms with E-state index in [-0.39, 0.29) is 24.8 Å². The first-order valence-electron chi connectivity index (χ1n) is 11.7. The number of likely N-dealkylation sites (tertiary alicyclic amines) is 1. The van der Waals surface area contributed by atoms with E-state index >= 15 is 0 Å². The van der Waals surface area contributed by atoms with Crippen LogP contribution in [0.5, 0.6) is 5.88 Å². The topological polar surface area (TPSA) is 216 Å². The van der Waals surface area contributed by atoms with Crippen molar-refractivity contribution in [1.29, 1.82) is 0 Å². The molecule has 0 radical (unpaired) electrons. The van der Waals surface area contributed by atoms with Gasteiger partial charge in [-0.15, -0.1) is 0 Å². The average Bonchev–Trinajstić information content (AvgIpc) is 3.58. The van der Waals surface area contributed by atoms with Gasteiger partial charge in [-0.1, -0.05) is 6.58 Å². The number of aromatic amines is 1. The number of carbonyl (C=O) groups excluding carboxylic acids is 1. The van der Waals surface area contributed by atoms with E-state index in [1.54, 1.807) is 23.1 Å². The summed E-state index contributed by atoms with van der Waals surface area (Å²) in [5.41, 5.74) is 1.29. The maximum Gasteiger partial charge on any atom is 0.335 e. The van der Waals surface area contributed by atoms with Gasteiger partial charge in [0.05, 0.1) is 23.8 Å². The molecule has 4 rings (SSSR count). The lowest BCUT2D eigenvalue weighted by Gasteiger charge is -2.34. The van der Waals surface area contributed by atoms with Crippen LogP contribution >= 0.6 is 0 Å². The second-order valence-electron chi connectivity index (χ2n) is 8.32. The zero-order valence-electron chi connectivity index (χ0n) is 20.8. The number of aromatic nitrogens is 5. The van der Waals surface area contributed by atoms with Gasteiger partial charge in [0.25, 0.3) is 0 Å². The molecule has 1 fully saturated rings. The molecule has 4 heterocycles. The molecule has 0 saturated carbocycles. The molecule has 3 aromatic rings. The normalized spacial score (nSPS) is 18.4. The summed E-state index contributed by atoms with van der Waals surface area (Å²) < 4.78 is 22.2. The number of alkyl halides is 1. The number of carboxylic acids is 2. The number of anilines is 2. The van der Waals surface area contributed by atoms with Crippen LogP contribution in [0, 0.1) is 0 Å². The Kier molecular flexibility index (Phi) is 9.51. The molecule has 210 valence electrons. The predicted molar refractivity (Wildman–Crippen MR) is 133 cm³/mol. The lowest BCUT2D eigenvalue weighted by atomic mass is 10.1. The Morgan fingerprint density at radius 3 is 2.56 bits per heavy atom. The molecule has 6 N–H and O–H groups in total. The van der Waals surface area contributed by atoms with E-state index in [1.165, 1.54) is 11.0 Å². The molecular formula is C23H28FN7O8. The smallest absolute Gasteiger partial charge is 0.335 e. The zero-order chi connectivity index (χ0) is 28.7. The number of aryl methyl sites for hydroxylation is 1. The van der Waals surface area contributed by atoms with Crippen LogP contribution in [0.2, 0.25) is 0 Å². The fraction of sp³-hybridized carbons (Fsp3) is 0.391. The molecule has 0 bridgehead atoms. The number of piperidine rings is 1. The van der Waals surface area contributed by atoms with Crippen molar-refractivity contribution in [2.75, 3.05) is 18.4 Å². The third-order valence-electron chi connectivity index (χ3n) is 5.63. The molecule has 1 aliphatic heterocycles. The van der Waals surface area contributed by atoms with Crippen LogP contribution in [0.15, 0.2) is 37.3 Å². The number of aliphatic hydroxyl groups is 2. The number of fused-ring (bicyclic) bond motifs is 1. The van der Waals surface area contributed by atoms with Crippen molar-refractivity contribution in [3.63, 3.8) is 0 Å². The number of aliphatic carboxylic acids is 2. The van der Waals surface area contributed by atoms with E-state index in [0.29, 0.717) is 23.5 Å². The van der Waals surface area contributed by atoms with Gasteiger partial charge in [0.2, 0.25) is 17.7 Å². The summed E-state index contributed by atoms with van der Waals surface area (Å²) in [6, 6.07) is 1.77. The lowest BCUT2D eigenvalue weighted by molar-refractivity contribution is -0.165. The van der Waals surface area contributed by atoms with E-state index in [2.05, 4.69) is 31.9 Å². The van der Waals surface area contributed by atoms with Gasteiger partial charge in [-0.05, 0) is 25.5 Å². The van der Waals surface area contributed by atoms with Gasteiger partial charge in [0.15, 0.2) is 12.2 Å². The number of carbonyl (C=O) groups is 3. The van der Waals surface area contributed by atoms with Gasteiger partial charge < -0.3 is 40.4 Å². The van der Waals surface area contributed by atoms with Crippen LogP contribution in [0.25, 0.3) is 11.0 Å². The Balaban J connectivity index is 0.000000360. The molecule has 1 amide bonds. The minimum atomic E-state index is -2.27. The molecule has 1 aliphatic rings. The van der Waals surface area contributed by atoms with Gasteiger partial charge in [0.1, 0.15) is 17.9 Å². The van der Waals surface area contributed by atoms with Gasteiger partial charge >= 0.3 is 11.9 Å². The van der Waals surface area contributed by atoms with E-state index in [0.717, 1.165) is 12.2 Å². The number of rotatable bonds is 9. The molecule has 39 heavy (non-hydrogen) atoms. The molecular weight excluding hydrogens is 521 g/mol. The molecule has 0 aromatic carbocycles. The highest BCUT2D eigenvalue weighted by Gasteiger charge is 2.33. The highest BCUT2D eigenvalue weighted by molar-refractivity contribution is 5.87. The number of carboxylic acid groups (broad SMARTS) is 2. The summed E-state index contributed by atoms with van der Waals surface area (Å²) in [5, 5.41) is 40.5. The second kappa shape index (κ2) is 12.8. The van der Waals surface area contributed by atoms with Crippen LogP contribution in [0.3, 0.4) is 0 Å². The van der Waals surface area contributed by atoms with E-state index in [1.807, 2.05) is 13.1 Å². The Hall–Kier alpha value is -4.57. The zero-order valence-corrected chi connectivity index (χ0v) is 20.8. The third-order valence-corrected chi connectivity index (χ3v) is 5.63. The van der Waals surface area contributed by atoms with Crippen molar-refractivity contribution in [3.8, 4) is 5.88 Å². The maximum absolute atomic E-state index is 14.5. The average molecular weight is 550 g/mol. The first-order chi connectivity index (χ1) is 18.5. The molecule has 0 spiro atoms. The minimum Gasteiger partial charge on any atom is -0.479 e. The minimum absolute atomic E-state index is 0.133. The van der Waals surface area contributed by atoms with E-state index in [4.69, 9.17) is 25.2 Å². The number of ether oxygens (including phenoxy) is 1. The van der Waals surface area contributed by atoms with Crippen molar-refractivity contribution in [2.24, 2.45) is 0 Å². The number of amides is 1. The number of halogens is 1. The lowest BCUT2D eigenvalue weighted by Crippen LogP contribution is -2.49. The van der Waals surface area contributed by atoms with Crippen molar-refractivity contribution in [2.45, 2.75) is 44.4 Å². The summed E-state index contributed by atoms with van der Waals surface area (Å²) in [5.74, 6) is -3.22. The van der Waals surface area contributed by atoms with Crippen LogP contribution < -0.4 is 10.1 Å². The van der Waals surface area contributed by atoms with E-state index < -0.39 is 36.4 Å². The largest absolute Gasteiger partial charge is 0.479 e. The molecule has 0 aliphatic carbocycles. The molecule has 3 aromatic heterocycles. The van der Waals surface area contributed by atoms with Gasteiger partial charge in [-0.2, -0.15) is 15.1 Å².